The second kappa shape index (κ2) is 9.31. The van der Waals surface area contributed by atoms with Crippen molar-refractivity contribution in [2.24, 2.45) is 0 Å². The predicted octanol–water partition coefficient (Wildman–Crippen LogP) is 3.53. The fraction of sp³-hybridized carbons (Fsp3) is 0.250. The van der Waals surface area contributed by atoms with E-state index in [1.54, 1.807) is 32.4 Å². The fourth-order valence-corrected chi connectivity index (χ4v) is 3.26. The van der Waals surface area contributed by atoms with Gasteiger partial charge in [-0.25, -0.2) is 0 Å². The van der Waals surface area contributed by atoms with Gasteiger partial charge in [-0.3, -0.25) is 9.59 Å². The van der Waals surface area contributed by atoms with Crippen LogP contribution in [0.25, 0.3) is 17.0 Å². The molecule has 3 aromatic rings. The largest absolute Gasteiger partial charge is 0.493 e. The molecular weight excluding hydrogens is 380 g/mol. The highest BCUT2D eigenvalue weighted by atomic mass is 16.5. The van der Waals surface area contributed by atoms with E-state index in [4.69, 9.17) is 9.47 Å². The van der Waals surface area contributed by atoms with Gasteiger partial charge in [-0.1, -0.05) is 18.2 Å². The molecule has 0 aliphatic rings. The van der Waals surface area contributed by atoms with Gasteiger partial charge < -0.3 is 19.8 Å². The standard InChI is InChI=1S/C24H26N2O4/c1-15-5-8-18-14-19(24(28)26-23(18)16(15)2)11-12-25-22(27)10-7-17-6-9-20(29-3)21(13-17)30-4/h5-10,13-14H,11-12H2,1-4H3,(H,25,27)(H,26,28)/b10-7-. The van der Waals surface area contributed by atoms with Gasteiger partial charge in [-0.15, -0.1) is 0 Å². The Morgan fingerprint density at radius 1 is 1.07 bits per heavy atom. The molecule has 6 heteroatoms. The van der Waals surface area contributed by atoms with E-state index in [0.29, 0.717) is 30.0 Å². The Labute approximate surface area is 175 Å². The SMILES string of the molecule is COc1ccc(/C=C\C(=O)NCCc2cc3ccc(C)c(C)c3[nH]c2=O)cc1OC. The van der Waals surface area contributed by atoms with Crippen LogP contribution in [0.4, 0.5) is 0 Å². The van der Waals surface area contributed by atoms with Crippen molar-refractivity contribution < 1.29 is 14.3 Å². The van der Waals surface area contributed by atoms with Gasteiger partial charge in [0.15, 0.2) is 11.5 Å². The van der Waals surface area contributed by atoms with Crippen LogP contribution in [0.3, 0.4) is 0 Å². The summed E-state index contributed by atoms with van der Waals surface area (Å²) in [5.41, 5.74) is 4.43. The van der Waals surface area contributed by atoms with Crippen molar-refractivity contribution in [2.45, 2.75) is 20.3 Å². The number of nitrogens with one attached hydrogen (secondary N) is 2. The average Bonchev–Trinajstić information content (AvgIpc) is 2.75. The number of methoxy groups -OCH3 is 2. The summed E-state index contributed by atoms with van der Waals surface area (Å²) in [4.78, 5) is 27.5. The van der Waals surface area contributed by atoms with Crippen molar-refractivity contribution in [3.05, 3.63) is 75.1 Å². The van der Waals surface area contributed by atoms with Crippen LogP contribution in [0, 0.1) is 13.8 Å². The van der Waals surface area contributed by atoms with Crippen molar-refractivity contribution in [1.29, 1.82) is 0 Å². The van der Waals surface area contributed by atoms with E-state index in [-0.39, 0.29) is 11.5 Å². The molecule has 0 atom stereocenters. The highest BCUT2D eigenvalue weighted by Gasteiger charge is 2.07. The first-order chi connectivity index (χ1) is 14.4. The molecule has 1 aromatic heterocycles. The molecule has 0 aliphatic carbocycles. The van der Waals surface area contributed by atoms with Crippen LogP contribution in [-0.2, 0) is 11.2 Å². The van der Waals surface area contributed by atoms with Gasteiger partial charge in [-0.2, -0.15) is 0 Å². The Balaban J connectivity index is 1.62. The minimum Gasteiger partial charge on any atom is -0.493 e. The van der Waals surface area contributed by atoms with Crippen LogP contribution in [-0.4, -0.2) is 31.7 Å². The van der Waals surface area contributed by atoms with E-state index in [1.165, 1.54) is 6.08 Å². The molecule has 0 fully saturated rings. The first-order valence-corrected chi connectivity index (χ1v) is 9.73. The summed E-state index contributed by atoms with van der Waals surface area (Å²) in [5.74, 6) is 1.000. The number of aromatic amines is 1. The number of aromatic nitrogens is 1. The van der Waals surface area contributed by atoms with E-state index in [1.807, 2.05) is 38.1 Å². The summed E-state index contributed by atoms with van der Waals surface area (Å²) in [7, 11) is 3.14. The molecule has 3 rings (SSSR count). The number of amides is 1. The first-order valence-electron chi connectivity index (χ1n) is 9.73. The van der Waals surface area contributed by atoms with Gasteiger partial charge >= 0.3 is 0 Å². The predicted molar refractivity (Wildman–Crippen MR) is 119 cm³/mol. The summed E-state index contributed by atoms with van der Waals surface area (Å²) in [6, 6.07) is 11.4. The molecule has 156 valence electrons. The number of hydrogen-bond donors (Lipinski definition) is 2. The maximum atomic E-state index is 12.4. The third kappa shape index (κ3) is 4.71. The Hall–Kier alpha value is -3.54. The van der Waals surface area contributed by atoms with E-state index < -0.39 is 0 Å². The van der Waals surface area contributed by atoms with Gasteiger partial charge in [0.05, 0.1) is 19.7 Å². The Kier molecular flexibility index (Phi) is 6.57. The average molecular weight is 406 g/mol. The number of carbonyl (C=O) groups excluding carboxylic acids is 1. The summed E-state index contributed by atoms with van der Waals surface area (Å²) in [6.45, 7) is 4.39. The fourth-order valence-electron chi connectivity index (χ4n) is 3.26. The molecule has 30 heavy (non-hydrogen) atoms. The van der Waals surface area contributed by atoms with Gasteiger partial charge in [0.1, 0.15) is 0 Å². The molecule has 0 radical (unpaired) electrons. The number of H-pyrrole nitrogens is 1. The minimum atomic E-state index is -0.228. The summed E-state index contributed by atoms with van der Waals surface area (Å²) in [5, 5.41) is 3.81. The lowest BCUT2D eigenvalue weighted by atomic mass is 10.0. The summed E-state index contributed by atoms with van der Waals surface area (Å²) >= 11 is 0. The Morgan fingerprint density at radius 2 is 1.83 bits per heavy atom. The molecule has 0 saturated heterocycles. The van der Waals surface area contributed by atoms with Crippen LogP contribution in [0.1, 0.15) is 22.3 Å². The summed E-state index contributed by atoms with van der Waals surface area (Å²) in [6.07, 6.45) is 3.61. The zero-order chi connectivity index (χ0) is 21.7. The second-order valence-corrected chi connectivity index (χ2v) is 7.08. The minimum absolute atomic E-state index is 0.119. The number of ether oxygens (including phenoxy) is 2. The molecule has 0 spiro atoms. The van der Waals surface area contributed by atoms with Crippen molar-refractivity contribution in [3.63, 3.8) is 0 Å². The van der Waals surface area contributed by atoms with Crippen molar-refractivity contribution >= 4 is 22.9 Å². The van der Waals surface area contributed by atoms with E-state index >= 15 is 0 Å². The number of aryl methyl sites for hydroxylation is 2. The molecule has 0 unspecified atom stereocenters. The topological polar surface area (TPSA) is 80.4 Å². The lowest BCUT2D eigenvalue weighted by Crippen LogP contribution is -2.25. The molecule has 6 nitrogen and oxygen atoms in total. The highest BCUT2D eigenvalue weighted by molar-refractivity contribution is 5.91. The third-order valence-electron chi connectivity index (χ3n) is 5.16. The van der Waals surface area contributed by atoms with Crippen LogP contribution >= 0.6 is 0 Å². The number of rotatable bonds is 7. The van der Waals surface area contributed by atoms with Gasteiger partial charge in [-0.05, 0) is 66.6 Å². The normalized spacial score (nSPS) is 11.1. The number of carbonyl (C=O) groups is 1. The molecule has 0 bridgehead atoms. The van der Waals surface area contributed by atoms with E-state index in [9.17, 15) is 9.59 Å². The molecule has 1 amide bonds. The Bertz CT molecular complexity index is 1160. The van der Waals surface area contributed by atoms with Crippen LogP contribution < -0.4 is 20.3 Å². The van der Waals surface area contributed by atoms with E-state index in [2.05, 4.69) is 10.3 Å². The monoisotopic (exact) mass is 406 g/mol. The van der Waals surface area contributed by atoms with Gasteiger partial charge in [0.25, 0.3) is 5.56 Å². The maximum Gasteiger partial charge on any atom is 0.251 e. The van der Waals surface area contributed by atoms with Crippen molar-refractivity contribution in [3.8, 4) is 11.5 Å². The van der Waals surface area contributed by atoms with Crippen LogP contribution in [0.15, 0.2) is 47.3 Å². The zero-order valence-corrected chi connectivity index (χ0v) is 17.7. The molecular formula is C24H26N2O4. The molecule has 0 aliphatic heterocycles. The second-order valence-electron chi connectivity index (χ2n) is 7.08. The molecule has 0 saturated carbocycles. The smallest absolute Gasteiger partial charge is 0.251 e. The third-order valence-corrected chi connectivity index (χ3v) is 5.16. The Morgan fingerprint density at radius 3 is 2.57 bits per heavy atom. The van der Waals surface area contributed by atoms with Crippen molar-refractivity contribution in [1.82, 2.24) is 10.3 Å². The van der Waals surface area contributed by atoms with Gasteiger partial charge in [0, 0.05) is 18.2 Å². The lowest BCUT2D eigenvalue weighted by molar-refractivity contribution is -0.116. The highest BCUT2D eigenvalue weighted by Crippen LogP contribution is 2.27. The quantitative estimate of drug-likeness (QED) is 0.588. The zero-order valence-electron chi connectivity index (χ0n) is 17.7. The van der Waals surface area contributed by atoms with E-state index in [0.717, 1.165) is 27.6 Å². The molecule has 2 N–H and O–H groups in total. The van der Waals surface area contributed by atoms with Crippen LogP contribution in [0.5, 0.6) is 11.5 Å². The number of pyridine rings is 1. The van der Waals surface area contributed by atoms with Gasteiger partial charge in [0.2, 0.25) is 5.91 Å². The number of hydrogen-bond acceptors (Lipinski definition) is 4. The molecule has 1 heterocycles. The number of fused-ring (bicyclic) bond motifs is 1. The maximum absolute atomic E-state index is 12.4. The summed E-state index contributed by atoms with van der Waals surface area (Å²) < 4.78 is 10.5. The number of benzene rings is 2. The van der Waals surface area contributed by atoms with Crippen LogP contribution in [0.2, 0.25) is 0 Å². The lowest BCUT2D eigenvalue weighted by Gasteiger charge is -2.08. The molecule has 2 aromatic carbocycles. The first kappa shape index (κ1) is 21.2. The van der Waals surface area contributed by atoms with Crippen molar-refractivity contribution in [2.75, 3.05) is 20.8 Å².